The molecular weight excluding hydrogens is 238 g/mol. The minimum atomic E-state index is 0.225. The van der Waals surface area contributed by atoms with Crippen molar-refractivity contribution in [3.05, 3.63) is 30.3 Å². The first kappa shape index (κ1) is 12.5. The molecule has 0 aromatic heterocycles. The van der Waals surface area contributed by atoms with Crippen LogP contribution in [0.2, 0.25) is 0 Å². The first-order valence-corrected chi connectivity index (χ1v) is 7.14. The lowest BCUT2D eigenvalue weighted by molar-refractivity contribution is -0.136. The predicted molar refractivity (Wildman–Crippen MR) is 76.2 cm³/mol. The molecule has 0 unspecified atom stereocenters. The van der Waals surface area contributed by atoms with Crippen LogP contribution in [0.4, 0.5) is 5.69 Å². The highest BCUT2D eigenvalue weighted by atomic mass is 16.2. The highest BCUT2D eigenvalue weighted by molar-refractivity contribution is 5.80. The predicted octanol–water partition coefficient (Wildman–Crippen LogP) is 0.945. The van der Waals surface area contributed by atoms with Crippen LogP contribution in [-0.2, 0) is 4.79 Å². The summed E-state index contributed by atoms with van der Waals surface area (Å²) in [4.78, 5) is 16.7. The molecule has 4 heteroatoms. The van der Waals surface area contributed by atoms with Crippen LogP contribution < -0.4 is 10.2 Å². The van der Waals surface area contributed by atoms with Crippen molar-refractivity contribution in [3.63, 3.8) is 0 Å². The van der Waals surface area contributed by atoms with E-state index in [1.54, 1.807) is 0 Å². The molecule has 0 bridgehead atoms. The highest BCUT2D eigenvalue weighted by Crippen LogP contribution is 2.17. The molecule has 2 aliphatic rings. The summed E-state index contributed by atoms with van der Waals surface area (Å²) in [6, 6.07) is 10.5. The quantitative estimate of drug-likeness (QED) is 0.859. The molecule has 3 rings (SSSR count). The lowest BCUT2D eigenvalue weighted by Crippen LogP contribution is -2.52. The Hall–Kier alpha value is -1.55. The first-order valence-electron chi connectivity index (χ1n) is 7.14. The van der Waals surface area contributed by atoms with E-state index in [0.29, 0.717) is 5.91 Å². The topological polar surface area (TPSA) is 35.6 Å². The first-order chi connectivity index (χ1) is 9.34. The fourth-order valence-corrected chi connectivity index (χ4v) is 2.76. The van der Waals surface area contributed by atoms with Gasteiger partial charge in [-0.2, -0.15) is 0 Å². The van der Waals surface area contributed by atoms with Crippen molar-refractivity contribution in [2.24, 2.45) is 5.92 Å². The fraction of sp³-hybridized carbons (Fsp3) is 0.533. The summed E-state index contributed by atoms with van der Waals surface area (Å²) in [6.45, 7) is 5.45. The van der Waals surface area contributed by atoms with E-state index >= 15 is 0 Å². The molecule has 0 atom stereocenters. The molecule has 102 valence electrons. The Kier molecular flexibility index (Phi) is 3.69. The van der Waals surface area contributed by atoms with Gasteiger partial charge in [-0.05, 0) is 18.6 Å². The molecule has 1 aromatic rings. The molecular formula is C15H21N3O. The number of nitrogens with one attached hydrogen (secondary N) is 1. The average Bonchev–Trinajstić information content (AvgIpc) is 2.63. The summed E-state index contributed by atoms with van der Waals surface area (Å²) < 4.78 is 0. The molecule has 2 aliphatic heterocycles. The van der Waals surface area contributed by atoms with E-state index in [-0.39, 0.29) is 5.92 Å². The highest BCUT2D eigenvalue weighted by Gasteiger charge is 2.30. The van der Waals surface area contributed by atoms with Gasteiger partial charge in [0.05, 0.1) is 5.92 Å². The van der Waals surface area contributed by atoms with Crippen LogP contribution in [0.5, 0.6) is 0 Å². The number of hydrogen-bond donors (Lipinski definition) is 1. The summed E-state index contributed by atoms with van der Waals surface area (Å²) in [5.41, 5.74) is 1.27. The van der Waals surface area contributed by atoms with Gasteiger partial charge in [-0.25, -0.2) is 0 Å². The molecule has 0 saturated carbocycles. The third-order valence-corrected chi connectivity index (χ3v) is 4.06. The standard InChI is InChI=1S/C15H21N3O/c19-15(13-11-16-12-13)18-8-4-7-17(9-10-18)14-5-2-1-3-6-14/h1-3,5-6,13,16H,4,7-12H2. The minimum absolute atomic E-state index is 0.225. The van der Waals surface area contributed by atoms with Crippen molar-refractivity contribution in [2.45, 2.75) is 6.42 Å². The van der Waals surface area contributed by atoms with Crippen molar-refractivity contribution in [1.29, 1.82) is 0 Å². The lowest BCUT2D eigenvalue weighted by atomic mass is 10.0. The third-order valence-electron chi connectivity index (χ3n) is 4.06. The number of anilines is 1. The minimum Gasteiger partial charge on any atom is -0.370 e. The van der Waals surface area contributed by atoms with Gasteiger partial charge in [0, 0.05) is 45.0 Å². The van der Waals surface area contributed by atoms with Crippen LogP contribution >= 0.6 is 0 Å². The lowest BCUT2D eigenvalue weighted by Gasteiger charge is -2.32. The third kappa shape index (κ3) is 2.73. The second-order valence-electron chi connectivity index (χ2n) is 5.36. The van der Waals surface area contributed by atoms with Gasteiger partial charge in [0.15, 0.2) is 0 Å². The van der Waals surface area contributed by atoms with Crippen molar-refractivity contribution >= 4 is 11.6 Å². The maximum absolute atomic E-state index is 12.2. The van der Waals surface area contributed by atoms with Crippen LogP contribution in [-0.4, -0.2) is 50.1 Å². The second-order valence-corrected chi connectivity index (χ2v) is 5.36. The van der Waals surface area contributed by atoms with E-state index in [9.17, 15) is 4.79 Å². The number of carbonyl (C=O) groups is 1. The SMILES string of the molecule is O=C(C1CNC1)N1CCCN(c2ccccc2)CC1. The summed E-state index contributed by atoms with van der Waals surface area (Å²) in [5.74, 6) is 0.567. The van der Waals surface area contributed by atoms with E-state index < -0.39 is 0 Å². The van der Waals surface area contributed by atoms with Gasteiger partial charge < -0.3 is 15.1 Å². The van der Waals surface area contributed by atoms with E-state index in [4.69, 9.17) is 0 Å². The normalized spacial score (nSPS) is 20.8. The zero-order chi connectivity index (χ0) is 13.1. The summed E-state index contributed by atoms with van der Waals surface area (Å²) >= 11 is 0. The Morgan fingerprint density at radius 3 is 2.53 bits per heavy atom. The summed E-state index contributed by atoms with van der Waals surface area (Å²) in [7, 11) is 0. The molecule has 0 radical (unpaired) electrons. The van der Waals surface area contributed by atoms with Crippen molar-refractivity contribution in [3.8, 4) is 0 Å². The van der Waals surface area contributed by atoms with E-state index in [1.165, 1.54) is 5.69 Å². The van der Waals surface area contributed by atoms with Crippen LogP contribution in [0, 0.1) is 5.92 Å². The molecule has 2 heterocycles. The zero-order valence-corrected chi connectivity index (χ0v) is 11.2. The molecule has 1 amide bonds. The maximum atomic E-state index is 12.2. The Balaban J connectivity index is 1.61. The van der Waals surface area contributed by atoms with Crippen LogP contribution in [0.1, 0.15) is 6.42 Å². The molecule has 2 saturated heterocycles. The van der Waals surface area contributed by atoms with Crippen molar-refractivity contribution in [2.75, 3.05) is 44.2 Å². The van der Waals surface area contributed by atoms with E-state index in [1.807, 2.05) is 6.07 Å². The number of para-hydroxylation sites is 1. The molecule has 19 heavy (non-hydrogen) atoms. The molecule has 2 fully saturated rings. The number of amides is 1. The molecule has 1 N–H and O–H groups in total. The largest absolute Gasteiger partial charge is 0.370 e. The van der Waals surface area contributed by atoms with Gasteiger partial charge in [0.25, 0.3) is 0 Å². The molecule has 0 spiro atoms. The summed E-state index contributed by atoms with van der Waals surface area (Å²) in [6.07, 6.45) is 1.06. The number of carbonyl (C=O) groups excluding carboxylic acids is 1. The van der Waals surface area contributed by atoms with Crippen molar-refractivity contribution < 1.29 is 4.79 Å². The van der Waals surface area contributed by atoms with Gasteiger partial charge in [-0.1, -0.05) is 18.2 Å². The van der Waals surface area contributed by atoms with Crippen LogP contribution in [0.3, 0.4) is 0 Å². The molecule has 4 nitrogen and oxygen atoms in total. The number of nitrogens with zero attached hydrogens (tertiary/aromatic N) is 2. The van der Waals surface area contributed by atoms with Gasteiger partial charge >= 0.3 is 0 Å². The molecule has 0 aliphatic carbocycles. The van der Waals surface area contributed by atoms with E-state index in [0.717, 1.165) is 45.7 Å². The number of benzene rings is 1. The average molecular weight is 259 g/mol. The smallest absolute Gasteiger partial charge is 0.228 e. The van der Waals surface area contributed by atoms with Gasteiger partial charge in [0.1, 0.15) is 0 Å². The summed E-state index contributed by atoms with van der Waals surface area (Å²) in [5, 5.41) is 3.17. The fourth-order valence-electron chi connectivity index (χ4n) is 2.76. The molecule has 1 aromatic carbocycles. The van der Waals surface area contributed by atoms with Crippen LogP contribution in [0.25, 0.3) is 0 Å². The Morgan fingerprint density at radius 2 is 1.84 bits per heavy atom. The van der Waals surface area contributed by atoms with Crippen molar-refractivity contribution in [1.82, 2.24) is 10.2 Å². The van der Waals surface area contributed by atoms with Gasteiger partial charge in [-0.3, -0.25) is 4.79 Å². The van der Waals surface area contributed by atoms with Gasteiger partial charge in [-0.15, -0.1) is 0 Å². The monoisotopic (exact) mass is 259 g/mol. The zero-order valence-electron chi connectivity index (χ0n) is 11.2. The van der Waals surface area contributed by atoms with E-state index in [2.05, 4.69) is 39.4 Å². The Bertz CT molecular complexity index is 430. The number of hydrogen-bond acceptors (Lipinski definition) is 3. The van der Waals surface area contributed by atoms with Gasteiger partial charge in [0.2, 0.25) is 5.91 Å². The number of rotatable bonds is 2. The Morgan fingerprint density at radius 1 is 1.05 bits per heavy atom. The maximum Gasteiger partial charge on any atom is 0.228 e. The second kappa shape index (κ2) is 5.61. The Labute approximate surface area is 114 Å². The van der Waals surface area contributed by atoms with Crippen LogP contribution in [0.15, 0.2) is 30.3 Å².